The Bertz CT molecular complexity index is 1270. The number of carbonyl (C=O) groups excluding carboxylic acids is 1. The molecule has 1 amide bonds. The lowest BCUT2D eigenvalue weighted by Gasteiger charge is -2.31. The number of aliphatic hydroxyl groups is 1. The third-order valence-electron chi connectivity index (χ3n) is 5.98. The minimum Gasteiger partial charge on any atom is -0.390 e. The fraction of sp³-hybridized carbons (Fsp3) is 0.364. The first kappa shape index (κ1) is 22.4. The first-order valence-corrected chi connectivity index (χ1v) is 11.7. The molecule has 3 aromatic rings. The summed E-state index contributed by atoms with van der Waals surface area (Å²) in [5.41, 5.74) is 2.28. The van der Waals surface area contributed by atoms with E-state index in [1.807, 2.05) is 30.3 Å². The van der Waals surface area contributed by atoms with Crippen LogP contribution in [0, 0.1) is 6.92 Å². The Hall–Kier alpha value is -2.82. The van der Waals surface area contributed by atoms with Crippen molar-refractivity contribution in [2.75, 3.05) is 13.1 Å². The predicted octanol–water partition coefficient (Wildman–Crippen LogP) is 1.91. The van der Waals surface area contributed by atoms with Gasteiger partial charge in [0.15, 0.2) is 0 Å². The second-order valence-electron chi connectivity index (χ2n) is 7.94. The van der Waals surface area contributed by atoms with Crippen LogP contribution in [0.4, 0.5) is 4.39 Å². The Kier molecular flexibility index (Phi) is 6.02. The number of carbonyl (C=O) groups is 1. The van der Waals surface area contributed by atoms with Crippen molar-refractivity contribution in [3.8, 4) is 0 Å². The van der Waals surface area contributed by atoms with Crippen LogP contribution in [0.25, 0.3) is 10.9 Å². The molecule has 32 heavy (non-hydrogen) atoms. The minimum absolute atomic E-state index is 0.0227. The quantitative estimate of drug-likeness (QED) is 0.605. The summed E-state index contributed by atoms with van der Waals surface area (Å²) >= 11 is 0. The summed E-state index contributed by atoms with van der Waals surface area (Å²) in [4.78, 5) is 17.2. The molecule has 8 nitrogen and oxygen atoms in total. The van der Waals surface area contributed by atoms with Gasteiger partial charge in [-0.2, -0.15) is 4.31 Å². The Balaban J connectivity index is 1.56. The van der Waals surface area contributed by atoms with Crippen LogP contribution < -0.4 is 5.32 Å². The molecule has 2 atom stereocenters. The molecule has 0 saturated carbocycles. The highest BCUT2D eigenvalue weighted by Gasteiger charge is 2.37. The number of benzene rings is 1. The highest BCUT2D eigenvalue weighted by atomic mass is 32.2. The third kappa shape index (κ3) is 4.01. The van der Waals surface area contributed by atoms with Crippen molar-refractivity contribution < 1.29 is 22.7 Å². The van der Waals surface area contributed by atoms with E-state index in [-0.39, 0.29) is 30.1 Å². The van der Waals surface area contributed by atoms with Gasteiger partial charge in [-0.1, -0.05) is 18.2 Å². The second kappa shape index (κ2) is 8.61. The number of alkyl halides is 1. The summed E-state index contributed by atoms with van der Waals surface area (Å²) < 4.78 is 42.7. The van der Waals surface area contributed by atoms with Gasteiger partial charge in [0.25, 0.3) is 5.91 Å². The Morgan fingerprint density at radius 2 is 2.09 bits per heavy atom. The topological polar surface area (TPSA) is 105 Å². The molecule has 0 radical (unpaired) electrons. The van der Waals surface area contributed by atoms with E-state index in [9.17, 15) is 22.7 Å². The van der Waals surface area contributed by atoms with Gasteiger partial charge < -0.3 is 15.0 Å². The standard InChI is InChI=1S/C22H25FN4O4S/c1-14-21(32(30,31)27-10-8-20(28)17(23)13-27)11-19(26(14)2)22(29)25-12-15-5-3-7-18-16(15)6-4-9-24-18/h3-7,9,11,17,20,28H,8,10,12-13H2,1-2H3,(H,25,29)/t17-,20-/m0/s1. The molecule has 0 spiro atoms. The van der Waals surface area contributed by atoms with E-state index >= 15 is 0 Å². The van der Waals surface area contributed by atoms with E-state index in [4.69, 9.17) is 0 Å². The van der Waals surface area contributed by atoms with Crippen molar-refractivity contribution in [1.82, 2.24) is 19.2 Å². The fourth-order valence-electron chi connectivity index (χ4n) is 3.96. The fourth-order valence-corrected chi connectivity index (χ4v) is 5.69. The number of pyridine rings is 1. The van der Waals surface area contributed by atoms with E-state index in [0.717, 1.165) is 20.8 Å². The molecule has 3 heterocycles. The molecule has 4 rings (SSSR count). The lowest BCUT2D eigenvalue weighted by atomic mass is 10.1. The molecule has 1 fully saturated rings. The van der Waals surface area contributed by atoms with Crippen LogP contribution in [-0.2, 0) is 23.6 Å². The zero-order valence-electron chi connectivity index (χ0n) is 17.8. The van der Waals surface area contributed by atoms with Crippen LogP contribution in [0.3, 0.4) is 0 Å². The predicted molar refractivity (Wildman–Crippen MR) is 117 cm³/mol. The molecular weight excluding hydrogens is 435 g/mol. The number of nitrogens with one attached hydrogen (secondary N) is 1. The number of fused-ring (bicyclic) bond motifs is 1. The zero-order valence-corrected chi connectivity index (χ0v) is 18.6. The smallest absolute Gasteiger partial charge is 0.268 e. The number of piperidine rings is 1. The summed E-state index contributed by atoms with van der Waals surface area (Å²) in [5, 5.41) is 13.3. The van der Waals surface area contributed by atoms with Crippen molar-refractivity contribution in [2.24, 2.45) is 7.05 Å². The van der Waals surface area contributed by atoms with E-state index < -0.39 is 34.8 Å². The summed E-state index contributed by atoms with van der Waals surface area (Å²) in [6, 6.07) is 10.7. The average Bonchev–Trinajstić information content (AvgIpc) is 3.09. The van der Waals surface area contributed by atoms with Crippen LogP contribution in [0.1, 0.15) is 28.2 Å². The van der Waals surface area contributed by atoms with E-state index in [2.05, 4.69) is 10.3 Å². The molecule has 1 aliphatic heterocycles. The maximum atomic E-state index is 13.9. The number of aliphatic hydroxyl groups excluding tert-OH is 1. The Morgan fingerprint density at radius 3 is 2.84 bits per heavy atom. The zero-order chi connectivity index (χ0) is 23.0. The molecule has 170 valence electrons. The van der Waals surface area contributed by atoms with Crippen LogP contribution in [0.5, 0.6) is 0 Å². The first-order valence-electron chi connectivity index (χ1n) is 10.3. The lowest BCUT2D eigenvalue weighted by molar-refractivity contribution is 0.0303. The number of amides is 1. The molecule has 0 unspecified atom stereocenters. The van der Waals surface area contributed by atoms with E-state index in [1.165, 1.54) is 10.6 Å². The molecule has 2 N–H and O–H groups in total. The van der Waals surface area contributed by atoms with Crippen molar-refractivity contribution in [2.45, 2.75) is 37.1 Å². The van der Waals surface area contributed by atoms with Gasteiger partial charge >= 0.3 is 0 Å². The summed E-state index contributed by atoms with van der Waals surface area (Å²) in [6.07, 6.45) is -1.07. The number of aromatic nitrogens is 2. The molecule has 0 aliphatic carbocycles. The minimum atomic E-state index is -4.01. The number of nitrogens with zero attached hydrogens (tertiary/aromatic N) is 3. The molecule has 1 saturated heterocycles. The molecule has 1 aliphatic rings. The highest BCUT2D eigenvalue weighted by Crippen LogP contribution is 2.27. The van der Waals surface area contributed by atoms with Gasteiger partial charge in [-0.3, -0.25) is 9.78 Å². The summed E-state index contributed by atoms with van der Waals surface area (Å²) in [5.74, 6) is -0.421. The van der Waals surface area contributed by atoms with Crippen LogP contribution in [-0.4, -0.2) is 58.7 Å². The van der Waals surface area contributed by atoms with Crippen LogP contribution >= 0.6 is 0 Å². The van der Waals surface area contributed by atoms with Gasteiger partial charge in [0, 0.05) is 44.0 Å². The maximum Gasteiger partial charge on any atom is 0.268 e. The van der Waals surface area contributed by atoms with Gasteiger partial charge in [0.1, 0.15) is 16.8 Å². The van der Waals surface area contributed by atoms with Gasteiger partial charge in [0.2, 0.25) is 10.0 Å². The molecular formula is C22H25FN4O4S. The van der Waals surface area contributed by atoms with Crippen molar-refractivity contribution >= 4 is 26.8 Å². The van der Waals surface area contributed by atoms with E-state index in [0.29, 0.717) is 5.69 Å². The number of hydrogen-bond acceptors (Lipinski definition) is 5. The number of rotatable bonds is 5. The highest BCUT2D eigenvalue weighted by molar-refractivity contribution is 7.89. The monoisotopic (exact) mass is 460 g/mol. The van der Waals surface area contributed by atoms with Gasteiger partial charge in [-0.15, -0.1) is 0 Å². The van der Waals surface area contributed by atoms with Crippen LogP contribution in [0.15, 0.2) is 47.5 Å². The number of hydrogen-bond donors (Lipinski definition) is 2. The van der Waals surface area contributed by atoms with Crippen molar-refractivity contribution in [1.29, 1.82) is 0 Å². The Morgan fingerprint density at radius 1 is 1.31 bits per heavy atom. The van der Waals surface area contributed by atoms with Crippen molar-refractivity contribution in [3.05, 3.63) is 59.5 Å². The first-order chi connectivity index (χ1) is 15.2. The largest absolute Gasteiger partial charge is 0.390 e. The summed E-state index contributed by atoms with van der Waals surface area (Å²) in [7, 11) is -2.39. The normalized spacial score (nSPS) is 19.9. The SMILES string of the molecule is Cc1c(S(=O)(=O)N2CC[C@H](O)[C@@H](F)C2)cc(C(=O)NCc2cccc3ncccc23)n1C. The molecule has 0 bridgehead atoms. The number of halogens is 1. The van der Waals surface area contributed by atoms with E-state index in [1.54, 1.807) is 20.2 Å². The van der Waals surface area contributed by atoms with Gasteiger partial charge in [-0.25, -0.2) is 12.8 Å². The Labute approximate surface area is 185 Å². The summed E-state index contributed by atoms with van der Waals surface area (Å²) in [6.45, 7) is 1.47. The third-order valence-corrected chi connectivity index (χ3v) is 7.97. The van der Waals surface area contributed by atoms with Crippen LogP contribution in [0.2, 0.25) is 0 Å². The molecule has 1 aromatic carbocycles. The molecule has 10 heteroatoms. The maximum absolute atomic E-state index is 13.9. The second-order valence-corrected chi connectivity index (χ2v) is 9.85. The van der Waals surface area contributed by atoms with Gasteiger partial charge in [-0.05, 0) is 37.1 Å². The average molecular weight is 461 g/mol. The molecule has 2 aromatic heterocycles. The van der Waals surface area contributed by atoms with Gasteiger partial charge in [0.05, 0.1) is 11.6 Å². The number of sulfonamides is 1. The lowest BCUT2D eigenvalue weighted by Crippen LogP contribution is -2.47. The van der Waals surface area contributed by atoms with Crippen molar-refractivity contribution in [3.63, 3.8) is 0 Å².